The lowest BCUT2D eigenvalue weighted by atomic mass is 9.97. The maximum atomic E-state index is 13.0. The Kier molecular flexibility index (Phi) is 13.0. The van der Waals surface area contributed by atoms with Gasteiger partial charge in [-0.2, -0.15) is 0 Å². The number of unbranched alkanes of at least 4 members (excludes halogenated alkanes) is 1. The number of rotatable bonds is 16. The average molecular weight is 412 g/mol. The normalized spacial score (nSPS) is 12.0. The minimum absolute atomic E-state index is 0.00369. The van der Waals surface area contributed by atoms with Crippen LogP contribution in [0.3, 0.4) is 0 Å². The lowest BCUT2D eigenvalue weighted by Gasteiger charge is -2.26. The number of amides is 2. The highest BCUT2D eigenvalue weighted by molar-refractivity contribution is 5.91. The predicted octanol–water partition coefficient (Wildman–Crippen LogP) is 3.02. The van der Waals surface area contributed by atoms with Crippen molar-refractivity contribution in [2.45, 2.75) is 58.9 Å². The number of nitrogens with one attached hydrogen (secondary N) is 1. The summed E-state index contributed by atoms with van der Waals surface area (Å²) >= 11 is 0. The van der Waals surface area contributed by atoms with Crippen molar-refractivity contribution in [2.24, 2.45) is 5.92 Å². The van der Waals surface area contributed by atoms with Crippen LogP contribution in [0.4, 0.5) is 0 Å². The molecule has 0 fully saturated rings. The Morgan fingerprint density at radius 2 is 1.90 bits per heavy atom. The van der Waals surface area contributed by atoms with Crippen molar-refractivity contribution in [3.05, 3.63) is 17.8 Å². The average Bonchev–Trinajstić information content (AvgIpc) is 3.19. The van der Waals surface area contributed by atoms with Crippen LogP contribution < -0.4 is 5.32 Å². The minimum atomic E-state index is -0.289. The number of oxazole rings is 1. The van der Waals surface area contributed by atoms with E-state index in [1.807, 2.05) is 6.92 Å². The second kappa shape index (κ2) is 15.0. The number of aromatic nitrogens is 1. The first-order chi connectivity index (χ1) is 14.1. The number of hydrogen-bond donors (Lipinski definition) is 1. The van der Waals surface area contributed by atoms with E-state index in [1.165, 1.54) is 6.26 Å². The zero-order chi connectivity index (χ0) is 21.5. The molecule has 0 aliphatic carbocycles. The van der Waals surface area contributed by atoms with Gasteiger partial charge in [-0.25, -0.2) is 4.98 Å². The molecular weight excluding hydrogens is 374 g/mol. The summed E-state index contributed by atoms with van der Waals surface area (Å²) in [6, 6.07) is 0. The number of nitrogens with zero attached hydrogens (tertiary/aromatic N) is 2. The second-order valence-electron chi connectivity index (χ2n) is 7.08. The largest absolute Gasteiger partial charge is 0.446 e. The Morgan fingerprint density at radius 1 is 1.17 bits per heavy atom. The predicted molar refractivity (Wildman–Crippen MR) is 111 cm³/mol. The Morgan fingerprint density at radius 3 is 2.55 bits per heavy atom. The fourth-order valence-corrected chi connectivity index (χ4v) is 3.04. The summed E-state index contributed by atoms with van der Waals surface area (Å²) in [6.45, 7) is 6.66. The van der Waals surface area contributed by atoms with E-state index in [0.717, 1.165) is 38.5 Å². The summed E-state index contributed by atoms with van der Waals surface area (Å²) in [5, 5.41) is 2.78. The standard InChI is InChI=1S/C21H37N3O5/c1-5-7-10-17(6-2)21(26)24(12-9-14-28-4)15-19-23-18(16-29-19)20(25)22-11-8-13-27-3/h16-17H,5-15H2,1-4H3,(H,22,25)/t17-/m1/s1. The fraction of sp³-hybridized carbons (Fsp3) is 0.762. The summed E-state index contributed by atoms with van der Waals surface area (Å²) in [5.41, 5.74) is 0.222. The third-order valence-corrected chi connectivity index (χ3v) is 4.76. The molecule has 29 heavy (non-hydrogen) atoms. The van der Waals surface area contributed by atoms with Crippen molar-refractivity contribution in [2.75, 3.05) is 40.5 Å². The Labute approximate surface area is 174 Å². The Bertz CT molecular complexity index is 591. The molecule has 8 nitrogen and oxygen atoms in total. The van der Waals surface area contributed by atoms with E-state index in [-0.39, 0.29) is 30.0 Å². The first kappa shape index (κ1) is 25.1. The van der Waals surface area contributed by atoms with Crippen LogP contribution in [0.1, 0.15) is 68.8 Å². The highest BCUT2D eigenvalue weighted by Crippen LogP contribution is 2.18. The SMILES string of the molecule is CCCC[C@@H](CC)C(=O)N(CCCOC)Cc1nc(C(=O)NCCCOC)co1. The zero-order valence-corrected chi connectivity index (χ0v) is 18.4. The molecule has 1 aromatic heterocycles. The maximum Gasteiger partial charge on any atom is 0.273 e. The molecule has 0 saturated carbocycles. The van der Waals surface area contributed by atoms with Crippen LogP contribution in [-0.4, -0.2) is 62.2 Å². The molecule has 0 radical (unpaired) electrons. The molecule has 0 saturated heterocycles. The van der Waals surface area contributed by atoms with Crippen LogP contribution in [0.25, 0.3) is 0 Å². The van der Waals surface area contributed by atoms with E-state index in [4.69, 9.17) is 13.9 Å². The van der Waals surface area contributed by atoms with Gasteiger partial charge in [0.25, 0.3) is 5.91 Å². The van der Waals surface area contributed by atoms with Crippen LogP contribution in [0.5, 0.6) is 0 Å². The van der Waals surface area contributed by atoms with Crippen molar-refractivity contribution < 1.29 is 23.5 Å². The number of carbonyl (C=O) groups excluding carboxylic acids is 2. The first-order valence-corrected chi connectivity index (χ1v) is 10.6. The van der Waals surface area contributed by atoms with E-state index in [1.54, 1.807) is 19.1 Å². The molecule has 0 aromatic carbocycles. The molecular formula is C21H37N3O5. The van der Waals surface area contributed by atoms with Crippen LogP contribution in [0.2, 0.25) is 0 Å². The highest BCUT2D eigenvalue weighted by Gasteiger charge is 2.24. The molecule has 0 aliphatic heterocycles. The van der Waals surface area contributed by atoms with Crippen LogP contribution in [0, 0.1) is 5.92 Å². The molecule has 1 heterocycles. The fourth-order valence-electron chi connectivity index (χ4n) is 3.04. The Balaban J connectivity index is 2.74. The molecule has 0 spiro atoms. The third kappa shape index (κ3) is 9.41. The van der Waals surface area contributed by atoms with Gasteiger partial charge in [0.15, 0.2) is 5.69 Å². The van der Waals surface area contributed by atoms with Gasteiger partial charge in [0, 0.05) is 46.4 Å². The number of carbonyl (C=O) groups is 2. The van der Waals surface area contributed by atoms with Gasteiger partial charge in [0.2, 0.25) is 11.8 Å². The number of hydrogen-bond acceptors (Lipinski definition) is 6. The van der Waals surface area contributed by atoms with E-state index in [9.17, 15) is 9.59 Å². The van der Waals surface area contributed by atoms with E-state index < -0.39 is 0 Å². The van der Waals surface area contributed by atoms with Crippen LogP contribution in [-0.2, 0) is 20.8 Å². The summed E-state index contributed by atoms with van der Waals surface area (Å²) in [7, 11) is 3.27. The van der Waals surface area contributed by atoms with E-state index in [0.29, 0.717) is 32.2 Å². The zero-order valence-electron chi connectivity index (χ0n) is 18.4. The molecule has 2 amide bonds. The van der Waals surface area contributed by atoms with Gasteiger partial charge in [0.1, 0.15) is 6.26 Å². The van der Waals surface area contributed by atoms with Gasteiger partial charge in [0.05, 0.1) is 6.54 Å². The van der Waals surface area contributed by atoms with Gasteiger partial charge < -0.3 is 24.1 Å². The Hall–Kier alpha value is -1.93. The van der Waals surface area contributed by atoms with Crippen molar-refractivity contribution in [3.63, 3.8) is 0 Å². The van der Waals surface area contributed by atoms with Crippen molar-refractivity contribution in [1.82, 2.24) is 15.2 Å². The smallest absolute Gasteiger partial charge is 0.273 e. The molecule has 1 atom stereocenters. The van der Waals surface area contributed by atoms with Gasteiger partial charge in [-0.15, -0.1) is 0 Å². The molecule has 1 N–H and O–H groups in total. The second-order valence-corrected chi connectivity index (χ2v) is 7.08. The highest BCUT2D eigenvalue weighted by atomic mass is 16.5. The molecule has 1 aromatic rings. The third-order valence-electron chi connectivity index (χ3n) is 4.76. The van der Waals surface area contributed by atoms with Gasteiger partial charge in [-0.3, -0.25) is 9.59 Å². The quantitative estimate of drug-likeness (QED) is 0.420. The minimum Gasteiger partial charge on any atom is -0.446 e. The molecule has 166 valence electrons. The van der Waals surface area contributed by atoms with Crippen molar-refractivity contribution in [3.8, 4) is 0 Å². The summed E-state index contributed by atoms with van der Waals surface area (Å²) in [6.07, 6.45) is 6.59. The summed E-state index contributed by atoms with van der Waals surface area (Å²) < 4.78 is 15.6. The van der Waals surface area contributed by atoms with Crippen LogP contribution >= 0.6 is 0 Å². The molecule has 0 aliphatic rings. The number of ether oxygens (including phenoxy) is 2. The molecule has 0 unspecified atom stereocenters. The van der Waals surface area contributed by atoms with E-state index >= 15 is 0 Å². The van der Waals surface area contributed by atoms with E-state index in [2.05, 4.69) is 17.2 Å². The summed E-state index contributed by atoms with van der Waals surface area (Å²) in [5.74, 6) is 0.183. The van der Waals surface area contributed by atoms with Gasteiger partial charge in [-0.05, 0) is 25.7 Å². The molecule has 1 rings (SSSR count). The number of methoxy groups -OCH3 is 2. The monoisotopic (exact) mass is 411 g/mol. The maximum absolute atomic E-state index is 13.0. The van der Waals surface area contributed by atoms with Crippen molar-refractivity contribution in [1.29, 1.82) is 0 Å². The van der Waals surface area contributed by atoms with Gasteiger partial charge in [-0.1, -0.05) is 26.7 Å². The van der Waals surface area contributed by atoms with Crippen LogP contribution in [0.15, 0.2) is 10.7 Å². The topological polar surface area (TPSA) is 93.9 Å². The lowest BCUT2D eigenvalue weighted by Crippen LogP contribution is -2.37. The molecule has 8 heteroatoms. The lowest BCUT2D eigenvalue weighted by molar-refractivity contribution is -0.137. The summed E-state index contributed by atoms with van der Waals surface area (Å²) in [4.78, 5) is 31.2. The van der Waals surface area contributed by atoms with Gasteiger partial charge >= 0.3 is 0 Å². The first-order valence-electron chi connectivity index (χ1n) is 10.6. The molecule has 0 bridgehead atoms. The van der Waals surface area contributed by atoms with Crippen molar-refractivity contribution >= 4 is 11.8 Å².